The first kappa shape index (κ1) is 16.8. The van der Waals surface area contributed by atoms with E-state index in [1.807, 2.05) is 12.1 Å². The molecule has 0 spiro atoms. The Bertz CT molecular complexity index is 882. The molecule has 1 nitrogen and oxygen atoms in total. The molecule has 0 bridgehead atoms. The van der Waals surface area contributed by atoms with E-state index in [0.717, 1.165) is 10.2 Å². The topological polar surface area (TPSA) is 9.23 Å². The Morgan fingerprint density at radius 2 is 1.46 bits per heavy atom. The standard InChI is InChI=1S/C22H21BrO/c1-14-13-15(2)21(18-11-8-12-19(24-4)22(18)23)16(3)20(14)17-9-6-5-7-10-17/h5-13H,1-4H3. The summed E-state index contributed by atoms with van der Waals surface area (Å²) in [5, 5.41) is 0. The van der Waals surface area contributed by atoms with Gasteiger partial charge >= 0.3 is 0 Å². The molecule has 0 amide bonds. The van der Waals surface area contributed by atoms with Crippen LogP contribution in [0.2, 0.25) is 0 Å². The molecule has 3 aromatic carbocycles. The molecule has 0 aromatic heterocycles. The smallest absolute Gasteiger partial charge is 0.133 e. The molecule has 0 atom stereocenters. The fraction of sp³-hybridized carbons (Fsp3) is 0.182. The molecule has 0 saturated carbocycles. The SMILES string of the molecule is COc1cccc(-c2c(C)cc(C)c(-c3ccccc3)c2C)c1Br. The van der Waals surface area contributed by atoms with Crippen molar-refractivity contribution in [3.63, 3.8) is 0 Å². The van der Waals surface area contributed by atoms with E-state index < -0.39 is 0 Å². The van der Waals surface area contributed by atoms with Gasteiger partial charge in [0, 0.05) is 5.56 Å². The Hall–Kier alpha value is -2.06. The third-order valence-electron chi connectivity index (χ3n) is 4.49. The maximum absolute atomic E-state index is 5.48. The predicted octanol–water partition coefficient (Wildman–Crippen LogP) is 6.72. The Kier molecular flexibility index (Phi) is 4.77. The van der Waals surface area contributed by atoms with Gasteiger partial charge < -0.3 is 4.74 Å². The van der Waals surface area contributed by atoms with Crippen LogP contribution in [0.15, 0.2) is 59.1 Å². The highest BCUT2D eigenvalue weighted by molar-refractivity contribution is 9.10. The fourth-order valence-electron chi connectivity index (χ4n) is 3.51. The Morgan fingerprint density at radius 3 is 2.12 bits per heavy atom. The summed E-state index contributed by atoms with van der Waals surface area (Å²) in [6.45, 7) is 6.58. The second-order valence-corrected chi connectivity index (χ2v) is 6.87. The highest BCUT2D eigenvalue weighted by atomic mass is 79.9. The minimum absolute atomic E-state index is 0.855. The molecule has 0 aliphatic heterocycles. The molecule has 0 unspecified atom stereocenters. The summed E-state index contributed by atoms with van der Waals surface area (Å²) in [5.74, 6) is 0.855. The van der Waals surface area contributed by atoms with Gasteiger partial charge in [-0.2, -0.15) is 0 Å². The largest absolute Gasteiger partial charge is 0.496 e. The summed E-state index contributed by atoms with van der Waals surface area (Å²) >= 11 is 3.72. The van der Waals surface area contributed by atoms with Gasteiger partial charge in [0.1, 0.15) is 5.75 Å². The van der Waals surface area contributed by atoms with Crippen LogP contribution in [0.25, 0.3) is 22.3 Å². The summed E-state index contributed by atoms with van der Waals surface area (Å²) in [4.78, 5) is 0. The number of hydrogen-bond donors (Lipinski definition) is 0. The molecule has 24 heavy (non-hydrogen) atoms. The summed E-state index contributed by atoms with van der Waals surface area (Å²) in [5.41, 5.74) is 8.88. The minimum Gasteiger partial charge on any atom is -0.496 e. The van der Waals surface area contributed by atoms with Gasteiger partial charge in [-0.25, -0.2) is 0 Å². The molecule has 0 fully saturated rings. The molecule has 122 valence electrons. The predicted molar refractivity (Wildman–Crippen MR) is 106 cm³/mol. The van der Waals surface area contributed by atoms with Crippen LogP contribution in [-0.4, -0.2) is 7.11 Å². The molecule has 0 aliphatic carbocycles. The van der Waals surface area contributed by atoms with E-state index in [1.165, 1.54) is 38.9 Å². The number of benzene rings is 3. The van der Waals surface area contributed by atoms with Crippen molar-refractivity contribution in [2.75, 3.05) is 7.11 Å². The number of hydrogen-bond acceptors (Lipinski definition) is 1. The van der Waals surface area contributed by atoms with Gasteiger partial charge in [0.2, 0.25) is 0 Å². The van der Waals surface area contributed by atoms with Crippen molar-refractivity contribution < 1.29 is 4.74 Å². The van der Waals surface area contributed by atoms with Crippen molar-refractivity contribution in [2.45, 2.75) is 20.8 Å². The van der Waals surface area contributed by atoms with Crippen LogP contribution in [0.3, 0.4) is 0 Å². The van der Waals surface area contributed by atoms with Crippen LogP contribution < -0.4 is 4.74 Å². The monoisotopic (exact) mass is 380 g/mol. The Morgan fingerprint density at radius 1 is 0.792 bits per heavy atom. The van der Waals surface area contributed by atoms with Crippen LogP contribution in [0.5, 0.6) is 5.75 Å². The fourth-order valence-corrected chi connectivity index (χ4v) is 4.13. The van der Waals surface area contributed by atoms with E-state index in [2.05, 4.69) is 79.2 Å². The van der Waals surface area contributed by atoms with Crippen molar-refractivity contribution in [3.05, 3.63) is 75.8 Å². The highest BCUT2D eigenvalue weighted by Crippen LogP contribution is 2.42. The first-order valence-corrected chi connectivity index (χ1v) is 8.83. The van der Waals surface area contributed by atoms with Crippen LogP contribution in [0.1, 0.15) is 16.7 Å². The van der Waals surface area contributed by atoms with Crippen LogP contribution in [0, 0.1) is 20.8 Å². The van der Waals surface area contributed by atoms with Crippen molar-refractivity contribution in [1.82, 2.24) is 0 Å². The van der Waals surface area contributed by atoms with Gasteiger partial charge in [0.05, 0.1) is 11.6 Å². The first-order chi connectivity index (χ1) is 11.5. The molecule has 0 saturated heterocycles. The molecule has 0 radical (unpaired) electrons. The lowest BCUT2D eigenvalue weighted by Gasteiger charge is -2.19. The van der Waals surface area contributed by atoms with Crippen LogP contribution >= 0.6 is 15.9 Å². The van der Waals surface area contributed by atoms with Gasteiger partial charge in [0.15, 0.2) is 0 Å². The molecule has 3 aromatic rings. The molecule has 0 heterocycles. The zero-order valence-electron chi connectivity index (χ0n) is 14.5. The molecule has 2 heteroatoms. The average Bonchev–Trinajstić information content (AvgIpc) is 2.57. The number of rotatable bonds is 3. The lowest BCUT2D eigenvalue weighted by Crippen LogP contribution is -1.97. The minimum atomic E-state index is 0.855. The van der Waals surface area contributed by atoms with Gasteiger partial charge in [-0.15, -0.1) is 0 Å². The Labute approximate surface area is 152 Å². The second-order valence-electron chi connectivity index (χ2n) is 6.07. The maximum Gasteiger partial charge on any atom is 0.133 e. The highest BCUT2D eigenvalue weighted by Gasteiger charge is 2.17. The van der Waals surface area contributed by atoms with E-state index in [4.69, 9.17) is 4.74 Å². The zero-order chi connectivity index (χ0) is 17.3. The Balaban J connectivity index is 2.31. The van der Waals surface area contributed by atoms with Gasteiger partial charge in [0.25, 0.3) is 0 Å². The quantitative estimate of drug-likeness (QED) is 0.490. The summed E-state index contributed by atoms with van der Waals surface area (Å²) in [6.07, 6.45) is 0. The first-order valence-electron chi connectivity index (χ1n) is 8.03. The number of ether oxygens (including phenoxy) is 1. The van der Waals surface area contributed by atoms with Gasteiger partial charge in [-0.05, 0) is 76.1 Å². The zero-order valence-corrected chi connectivity index (χ0v) is 16.1. The third kappa shape index (κ3) is 2.87. The van der Waals surface area contributed by atoms with E-state index in [-0.39, 0.29) is 0 Å². The number of aryl methyl sites for hydroxylation is 2. The average molecular weight is 381 g/mol. The van der Waals surface area contributed by atoms with Crippen molar-refractivity contribution in [3.8, 4) is 28.0 Å². The number of halogens is 1. The maximum atomic E-state index is 5.48. The van der Waals surface area contributed by atoms with E-state index in [1.54, 1.807) is 7.11 Å². The van der Waals surface area contributed by atoms with Crippen molar-refractivity contribution >= 4 is 15.9 Å². The summed E-state index contributed by atoms with van der Waals surface area (Å²) in [7, 11) is 1.70. The lowest BCUT2D eigenvalue weighted by molar-refractivity contribution is 0.412. The van der Waals surface area contributed by atoms with E-state index >= 15 is 0 Å². The molecule has 0 N–H and O–H groups in total. The van der Waals surface area contributed by atoms with E-state index in [0.29, 0.717) is 0 Å². The molecular formula is C22H21BrO. The lowest BCUT2D eigenvalue weighted by atomic mass is 9.86. The van der Waals surface area contributed by atoms with Crippen LogP contribution in [-0.2, 0) is 0 Å². The van der Waals surface area contributed by atoms with E-state index in [9.17, 15) is 0 Å². The molecular weight excluding hydrogens is 360 g/mol. The van der Waals surface area contributed by atoms with Gasteiger partial charge in [-0.1, -0.05) is 48.5 Å². The van der Waals surface area contributed by atoms with Crippen molar-refractivity contribution in [2.24, 2.45) is 0 Å². The third-order valence-corrected chi connectivity index (χ3v) is 5.30. The summed E-state index contributed by atoms with van der Waals surface area (Å²) < 4.78 is 6.48. The number of methoxy groups -OCH3 is 1. The normalized spacial score (nSPS) is 10.7. The van der Waals surface area contributed by atoms with Crippen LogP contribution in [0.4, 0.5) is 0 Å². The molecule has 3 rings (SSSR count). The summed E-state index contributed by atoms with van der Waals surface area (Å²) in [6, 6.07) is 19.0. The van der Waals surface area contributed by atoms with Gasteiger partial charge in [-0.3, -0.25) is 0 Å². The molecule has 0 aliphatic rings. The second kappa shape index (κ2) is 6.82. The van der Waals surface area contributed by atoms with Crippen molar-refractivity contribution in [1.29, 1.82) is 0 Å².